The van der Waals surface area contributed by atoms with Gasteiger partial charge in [0.05, 0.1) is 10.8 Å². The molecule has 1 heterocycles. The second-order valence-corrected chi connectivity index (χ2v) is 6.90. The summed E-state index contributed by atoms with van der Waals surface area (Å²) in [6, 6.07) is 4.27. The number of sulfonamides is 1. The van der Waals surface area contributed by atoms with Gasteiger partial charge in [-0.1, -0.05) is 0 Å². The molecular formula is C13H18F3N3O2S. The number of primary sulfonamides is 1. The molecule has 1 fully saturated rings. The number of nitrogens with two attached hydrogens (primary N) is 2. The van der Waals surface area contributed by atoms with E-state index < -0.39 is 22.1 Å². The minimum atomic E-state index is -4.17. The standard InChI is InChI=1S/C13H18F3N3O2S/c14-13(15,16)10-3-5-19(6-4-10)12-2-1-11(22(18,20)21)7-9(12)8-17/h1-2,7,10H,3-6,8,17H2,(H2,18,20,21). The average molecular weight is 337 g/mol. The lowest BCUT2D eigenvalue weighted by atomic mass is 9.95. The Bertz CT molecular complexity index is 638. The highest BCUT2D eigenvalue weighted by Crippen LogP contribution is 2.36. The van der Waals surface area contributed by atoms with E-state index in [1.54, 1.807) is 11.0 Å². The summed E-state index contributed by atoms with van der Waals surface area (Å²) in [4.78, 5) is 1.75. The van der Waals surface area contributed by atoms with Gasteiger partial charge in [-0.15, -0.1) is 0 Å². The van der Waals surface area contributed by atoms with Crippen LogP contribution in [0.25, 0.3) is 0 Å². The van der Waals surface area contributed by atoms with Crippen LogP contribution in [-0.4, -0.2) is 27.7 Å². The van der Waals surface area contributed by atoms with Crippen LogP contribution in [0, 0.1) is 5.92 Å². The third-order valence-corrected chi connectivity index (χ3v) is 4.81. The molecule has 0 amide bonds. The zero-order valence-electron chi connectivity index (χ0n) is 11.8. The molecule has 2 rings (SSSR count). The summed E-state index contributed by atoms with van der Waals surface area (Å²) in [6.07, 6.45) is -4.13. The Morgan fingerprint density at radius 1 is 1.23 bits per heavy atom. The van der Waals surface area contributed by atoms with Crippen molar-refractivity contribution in [3.05, 3.63) is 23.8 Å². The maximum absolute atomic E-state index is 12.7. The highest BCUT2D eigenvalue weighted by Gasteiger charge is 2.41. The Labute approximate surface area is 127 Å². The van der Waals surface area contributed by atoms with Crippen molar-refractivity contribution in [2.45, 2.75) is 30.5 Å². The Balaban J connectivity index is 2.20. The molecule has 1 aliphatic rings. The summed E-state index contributed by atoms with van der Waals surface area (Å²) in [6.45, 7) is 0.593. The number of alkyl halides is 3. The first-order valence-corrected chi connectivity index (χ1v) is 8.35. The van der Waals surface area contributed by atoms with Gasteiger partial charge < -0.3 is 10.6 Å². The van der Waals surface area contributed by atoms with Crippen molar-refractivity contribution in [2.24, 2.45) is 16.8 Å². The molecule has 1 aromatic carbocycles. The summed E-state index contributed by atoms with van der Waals surface area (Å²) >= 11 is 0. The third kappa shape index (κ3) is 3.71. The highest BCUT2D eigenvalue weighted by molar-refractivity contribution is 7.89. The zero-order chi connectivity index (χ0) is 16.5. The molecule has 0 saturated carbocycles. The molecule has 1 aromatic rings. The summed E-state index contributed by atoms with van der Waals surface area (Å²) in [5.74, 6) is -1.28. The quantitative estimate of drug-likeness (QED) is 0.876. The summed E-state index contributed by atoms with van der Waals surface area (Å²) in [5, 5.41) is 5.07. The predicted octanol–water partition coefficient (Wildman–Crippen LogP) is 1.57. The van der Waals surface area contributed by atoms with Crippen LogP contribution in [-0.2, 0) is 16.6 Å². The van der Waals surface area contributed by atoms with Crippen molar-refractivity contribution < 1.29 is 21.6 Å². The van der Waals surface area contributed by atoms with Gasteiger partial charge in [-0.2, -0.15) is 13.2 Å². The average Bonchev–Trinajstić information content (AvgIpc) is 2.45. The molecule has 4 N–H and O–H groups in total. The molecule has 0 atom stereocenters. The molecule has 9 heteroatoms. The number of benzene rings is 1. The second kappa shape index (κ2) is 6.05. The van der Waals surface area contributed by atoms with Crippen molar-refractivity contribution in [3.8, 4) is 0 Å². The van der Waals surface area contributed by atoms with Crippen LogP contribution in [0.5, 0.6) is 0 Å². The van der Waals surface area contributed by atoms with E-state index in [0.717, 1.165) is 0 Å². The number of halogens is 3. The fraction of sp³-hybridized carbons (Fsp3) is 0.538. The predicted molar refractivity (Wildman–Crippen MR) is 76.7 cm³/mol. The van der Waals surface area contributed by atoms with Crippen molar-refractivity contribution in [2.75, 3.05) is 18.0 Å². The molecule has 0 aliphatic carbocycles. The number of hydrogen-bond donors (Lipinski definition) is 2. The number of hydrogen-bond acceptors (Lipinski definition) is 4. The number of nitrogens with zero attached hydrogens (tertiary/aromatic N) is 1. The SMILES string of the molecule is NCc1cc(S(N)(=O)=O)ccc1N1CCC(C(F)(F)F)CC1. The Kier molecular flexibility index (Phi) is 4.69. The van der Waals surface area contributed by atoms with Crippen molar-refractivity contribution in [1.82, 2.24) is 0 Å². The van der Waals surface area contributed by atoms with Gasteiger partial charge in [0, 0.05) is 25.3 Å². The Morgan fingerprint density at radius 2 is 1.82 bits per heavy atom. The van der Waals surface area contributed by atoms with Crippen molar-refractivity contribution >= 4 is 15.7 Å². The van der Waals surface area contributed by atoms with E-state index in [1.807, 2.05) is 0 Å². The summed E-state index contributed by atoms with van der Waals surface area (Å²) < 4.78 is 60.7. The van der Waals surface area contributed by atoms with Crippen molar-refractivity contribution in [3.63, 3.8) is 0 Å². The molecule has 22 heavy (non-hydrogen) atoms. The van der Waals surface area contributed by atoms with E-state index in [1.165, 1.54) is 12.1 Å². The third-order valence-electron chi connectivity index (χ3n) is 3.90. The summed E-state index contributed by atoms with van der Waals surface area (Å²) in [5.41, 5.74) is 6.84. The number of piperidine rings is 1. The first kappa shape index (κ1) is 17.0. The van der Waals surface area contributed by atoms with E-state index in [0.29, 0.717) is 11.3 Å². The van der Waals surface area contributed by atoms with E-state index in [4.69, 9.17) is 10.9 Å². The second-order valence-electron chi connectivity index (χ2n) is 5.34. The normalized spacial score (nSPS) is 17.8. The number of rotatable bonds is 3. The van der Waals surface area contributed by atoms with Gasteiger partial charge in [0.1, 0.15) is 0 Å². The van der Waals surface area contributed by atoms with Gasteiger partial charge in [0.2, 0.25) is 10.0 Å². The van der Waals surface area contributed by atoms with Crippen LogP contribution in [0.3, 0.4) is 0 Å². The van der Waals surface area contributed by atoms with Crippen LogP contribution in [0.4, 0.5) is 18.9 Å². The van der Waals surface area contributed by atoms with Crippen LogP contribution in [0.2, 0.25) is 0 Å². The first-order valence-electron chi connectivity index (χ1n) is 6.80. The van der Waals surface area contributed by atoms with Crippen molar-refractivity contribution in [1.29, 1.82) is 0 Å². The zero-order valence-corrected chi connectivity index (χ0v) is 12.6. The van der Waals surface area contributed by atoms with Gasteiger partial charge in [0.25, 0.3) is 0 Å². The largest absolute Gasteiger partial charge is 0.391 e. The van der Waals surface area contributed by atoms with Gasteiger partial charge in [-0.25, -0.2) is 13.6 Å². The van der Waals surface area contributed by atoms with E-state index in [-0.39, 0.29) is 37.4 Å². The van der Waals surface area contributed by atoms with Crippen LogP contribution < -0.4 is 15.8 Å². The number of anilines is 1. The van der Waals surface area contributed by atoms with Crippen LogP contribution in [0.1, 0.15) is 18.4 Å². The Morgan fingerprint density at radius 3 is 2.27 bits per heavy atom. The summed E-state index contributed by atoms with van der Waals surface area (Å²) in [7, 11) is -3.83. The first-order chi connectivity index (χ1) is 10.1. The smallest absolute Gasteiger partial charge is 0.371 e. The minimum absolute atomic E-state index is 0.0183. The molecule has 1 saturated heterocycles. The molecular weight excluding hydrogens is 319 g/mol. The molecule has 124 valence electrons. The lowest BCUT2D eigenvalue weighted by Crippen LogP contribution is -2.39. The van der Waals surface area contributed by atoms with Crippen LogP contribution >= 0.6 is 0 Å². The van der Waals surface area contributed by atoms with E-state index in [2.05, 4.69) is 0 Å². The maximum atomic E-state index is 12.7. The lowest BCUT2D eigenvalue weighted by molar-refractivity contribution is -0.179. The topological polar surface area (TPSA) is 89.4 Å². The fourth-order valence-corrected chi connectivity index (χ4v) is 3.22. The maximum Gasteiger partial charge on any atom is 0.391 e. The van der Waals surface area contributed by atoms with E-state index in [9.17, 15) is 21.6 Å². The molecule has 0 spiro atoms. The molecule has 1 aliphatic heterocycles. The molecule has 0 aromatic heterocycles. The Hall–Kier alpha value is -1.32. The monoisotopic (exact) mass is 337 g/mol. The van der Waals surface area contributed by atoms with Gasteiger partial charge in [0.15, 0.2) is 0 Å². The molecule has 0 unspecified atom stereocenters. The van der Waals surface area contributed by atoms with Crippen LogP contribution in [0.15, 0.2) is 23.1 Å². The van der Waals surface area contributed by atoms with Gasteiger partial charge in [-0.3, -0.25) is 0 Å². The van der Waals surface area contributed by atoms with Gasteiger partial charge in [-0.05, 0) is 36.6 Å². The lowest BCUT2D eigenvalue weighted by Gasteiger charge is -2.35. The molecule has 0 radical (unpaired) electrons. The van der Waals surface area contributed by atoms with E-state index >= 15 is 0 Å². The molecule has 5 nitrogen and oxygen atoms in total. The van der Waals surface area contributed by atoms with Gasteiger partial charge >= 0.3 is 6.18 Å². The minimum Gasteiger partial charge on any atom is -0.371 e. The highest BCUT2D eigenvalue weighted by atomic mass is 32.2. The fourth-order valence-electron chi connectivity index (χ4n) is 2.66. The molecule has 0 bridgehead atoms.